The highest BCUT2D eigenvalue weighted by atomic mass is 19.1. The van der Waals surface area contributed by atoms with Crippen molar-refractivity contribution in [1.29, 1.82) is 0 Å². The van der Waals surface area contributed by atoms with Crippen molar-refractivity contribution in [3.63, 3.8) is 0 Å². The van der Waals surface area contributed by atoms with Crippen LogP contribution in [-0.4, -0.2) is 18.0 Å². The third kappa shape index (κ3) is 6.67. The molecule has 138 valence electrons. The molecule has 5 heteroatoms. The van der Waals surface area contributed by atoms with Crippen molar-refractivity contribution in [2.75, 3.05) is 0 Å². The highest BCUT2D eigenvalue weighted by Crippen LogP contribution is 2.18. The summed E-state index contributed by atoms with van der Waals surface area (Å²) in [6.45, 7) is 3.57. The van der Waals surface area contributed by atoms with Gasteiger partial charge < -0.3 is 10.1 Å². The van der Waals surface area contributed by atoms with E-state index in [-0.39, 0.29) is 36.6 Å². The number of ether oxygens (including phenoxy) is 1. The summed E-state index contributed by atoms with van der Waals surface area (Å²) in [7, 11) is 0. The van der Waals surface area contributed by atoms with Gasteiger partial charge in [0.1, 0.15) is 5.82 Å². The minimum Gasteiger partial charge on any atom is -0.463 e. The molecule has 1 amide bonds. The van der Waals surface area contributed by atoms with E-state index in [1.54, 1.807) is 26.0 Å². The van der Waals surface area contributed by atoms with Gasteiger partial charge in [0.05, 0.1) is 18.6 Å². The minimum absolute atomic E-state index is 0.0634. The SMILES string of the molecule is CC(C)OC(=O)CC(NC(=O)CCc1cccc(F)c1)c1ccccc1. The normalized spacial score (nSPS) is 11.8. The van der Waals surface area contributed by atoms with E-state index in [0.717, 1.165) is 11.1 Å². The highest BCUT2D eigenvalue weighted by molar-refractivity contribution is 5.78. The number of hydrogen-bond donors (Lipinski definition) is 1. The van der Waals surface area contributed by atoms with E-state index in [0.29, 0.717) is 6.42 Å². The summed E-state index contributed by atoms with van der Waals surface area (Å²) in [5.74, 6) is -0.874. The van der Waals surface area contributed by atoms with E-state index in [2.05, 4.69) is 5.32 Å². The Morgan fingerprint density at radius 2 is 1.81 bits per heavy atom. The number of benzene rings is 2. The Kier molecular flexibility index (Phi) is 7.33. The lowest BCUT2D eigenvalue weighted by Gasteiger charge is -2.19. The fourth-order valence-electron chi connectivity index (χ4n) is 2.63. The smallest absolute Gasteiger partial charge is 0.308 e. The number of hydrogen-bond acceptors (Lipinski definition) is 3. The van der Waals surface area contributed by atoms with Gasteiger partial charge in [-0.1, -0.05) is 42.5 Å². The fourth-order valence-corrected chi connectivity index (χ4v) is 2.63. The highest BCUT2D eigenvalue weighted by Gasteiger charge is 2.19. The molecule has 0 aliphatic carbocycles. The van der Waals surface area contributed by atoms with E-state index in [4.69, 9.17) is 4.74 Å². The molecular formula is C21H24FNO3. The van der Waals surface area contributed by atoms with Crippen LogP contribution in [-0.2, 0) is 20.7 Å². The molecule has 1 atom stereocenters. The second-order valence-electron chi connectivity index (χ2n) is 6.40. The van der Waals surface area contributed by atoms with Crippen molar-refractivity contribution in [2.45, 2.75) is 45.3 Å². The van der Waals surface area contributed by atoms with Crippen LogP contribution >= 0.6 is 0 Å². The molecule has 2 aromatic rings. The van der Waals surface area contributed by atoms with Gasteiger partial charge in [0.2, 0.25) is 5.91 Å². The fraction of sp³-hybridized carbons (Fsp3) is 0.333. The Hall–Kier alpha value is -2.69. The first-order valence-electron chi connectivity index (χ1n) is 8.72. The summed E-state index contributed by atoms with van der Waals surface area (Å²) in [5.41, 5.74) is 1.60. The van der Waals surface area contributed by atoms with Gasteiger partial charge in [0.15, 0.2) is 0 Å². The van der Waals surface area contributed by atoms with E-state index in [9.17, 15) is 14.0 Å². The standard InChI is InChI=1S/C21H24FNO3/c1-15(2)26-21(25)14-19(17-8-4-3-5-9-17)23-20(24)12-11-16-7-6-10-18(22)13-16/h3-10,13,15,19H,11-12,14H2,1-2H3,(H,23,24). The Labute approximate surface area is 153 Å². The molecule has 0 bridgehead atoms. The number of rotatable bonds is 8. The molecule has 0 spiro atoms. The zero-order valence-electron chi connectivity index (χ0n) is 15.1. The maximum atomic E-state index is 13.2. The van der Waals surface area contributed by atoms with Crippen LogP contribution in [0.1, 0.15) is 43.9 Å². The topological polar surface area (TPSA) is 55.4 Å². The van der Waals surface area contributed by atoms with E-state index in [1.807, 2.05) is 30.3 Å². The zero-order valence-corrected chi connectivity index (χ0v) is 15.1. The lowest BCUT2D eigenvalue weighted by Crippen LogP contribution is -2.31. The van der Waals surface area contributed by atoms with Crippen molar-refractivity contribution in [3.8, 4) is 0 Å². The molecule has 0 heterocycles. The Balaban J connectivity index is 1.98. The van der Waals surface area contributed by atoms with E-state index >= 15 is 0 Å². The van der Waals surface area contributed by atoms with Crippen LogP contribution in [0.3, 0.4) is 0 Å². The second kappa shape index (κ2) is 9.70. The summed E-state index contributed by atoms with van der Waals surface area (Å²) < 4.78 is 18.4. The third-order valence-electron chi connectivity index (χ3n) is 3.80. The first-order chi connectivity index (χ1) is 12.4. The number of amides is 1. The van der Waals surface area contributed by atoms with Crippen molar-refractivity contribution < 1.29 is 18.7 Å². The largest absolute Gasteiger partial charge is 0.463 e. The summed E-state index contributed by atoms with van der Waals surface area (Å²) in [4.78, 5) is 24.4. The van der Waals surface area contributed by atoms with E-state index in [1.165, 1.54) is 12.1 Å². The number of carbonyl (C=O) groups excluding carboxylic acids is 2. The van der Waals surface area contributed by atoms with Crippen LogP contribution in [0.25, 0.3) is 0 Å². The van der Waals surface area contributed by atoms with Crippen LogP contribution in [0.5, 0.6) is 0 Å². The molecule has 1 N–H and O–H groups in total. The van der Waals surface area contributed by atoms with Crippen LogP contribution in [0, 0.1) is 5.82 Å². The van der Waals surface area contributed by atoms with E-state index < -0.39 is 6.04 Å². The van der Waals surface area contributed by atoms with Gasteiger partial charge in [0, 0.05) is 6.42 Å². The number of nitrogens with one attached hydrogen (secondary N) is 1. The molecule has 0 saturated heterocycles. The molecule has 0 saturated carbocycles. The van der Waals surface area contributed by atoms with Gasteiger partial charge in [-0.25, -0.2) is 4.39 Å². The maximum Gasteiger partial charge on any atom is 0.308 e. The molecule has 2 aromatic carbocycles. The summed E-state index contributed by atoms with van der Waals surface area (Å²) in [5, 5.41) is 2.89. The Bertz CT molecular complexity index is 731. The van der Waals surface area contributed by atoms with Crippen LogP contribution < -0.4 is 5.32 Å². The first kappa shape index (κ1) is 19.6. The molecule has 0 radical (unpaired) electrons. The van der Waals surface area contributed by atoms with Gasteiger partial charge in [-0.3, -0.25) is 9.59 Å². The molecule has 26 heavy (non-hydrogen) atoms. The Morgan fingerprint density at radius 1 is 1.08 bits per heavy atom. The minimum atomic E-state index is -0.456. The van der Waals surface area contributed by atoms with Crippen molar-refractivity contribution in [1.82, 2.24) is 5.32 Å². The number of halogens is 1. The van der Waals surface area contributed by atoms with Crippen LogP contribution in [0.2, 0.25) is 0 Å². The molecular weight excluding hydrogens is 333 g/mol. The molecule has 0 aliphatic rings. The molecule has 0 aliphatic heterocycles. The summed E-state index contributed by atoms with van der Waals surface area (Å²) in [6, 6.07) is 15.0. The third-order valence-corrected chi connectivity index (χ3v) is 3.80. The number of carbonyl (C=O) groups is 2. The van der Waals surface area contributed by atoms with Gasteiger partial charge >= 0.3 is 5.97 Å². The average Bonchev–Trinajstić information content (AvgIpc) is 2.59. The van der Waals surface area contributed by atoms with Gasteiger partial charge in [0.25, 0.3) is 0 Å². The predicted octanol–water partition coefficient (Wildman–Crippen LogP) is 3.96. The number of esters is 1. The molecule has 0 aromatic heterocycles. The quantitative estimate of drug-likeness (QED) is 0.728. The zero-order chi connectivity index (χ0) is 18.9. The van der Waals surface area contributed by atoms with Gasteiger partial charge in [-0.05, 0) is 43.5 Å². The summed E-state index contributed by atoms with van der Waals surface area (Å²) >= 11 is 0. The summed E-state index contributed by atoms with van der Waals surface area (Å²) in [6.07, 6.45) is 0.504. The molecule has 1 unspecified atom stereocenters. The molecule has 4 nitrogen and oxygen atoms in total. The van der Waals surface area contributed by atoms with Gasteiger partial charge in [-0.2, -0.15) is 0 Å². The lowest BCUT2D eigenvalue weighted by atomic mass is 10.0. The van der Waals surface area contributed by atoms with Gasteiger partial charge in [-0.15, -0.1) is 0 Å². The molecule has 2 rings (SSSR count). The monoisotopic (exact) mass is 357 g/mol. The second-order valence-corrected chi connectivity index (χ2v) is 6.40. The molecule has 0 fully saturated rings. The number of aryl methyl sites for hydroxylation is 1. The average molecular weight is 357 g/mol. The Morgan fingerprint density at radius 3 is 2.46 bits per heavy atom. The van der Waals surface area contributed by atoms with Crippen molar-refractivity contribution >= 4 is 11.9 Å². The van der Waals surface area contributed by atoms with Crippen LogP contribution in [0.4, 0.5) is 4.39 Å². The van der Waals surface area contributed by atoms with Crippen molar-refractivity contribution in [3.05, 3.63) is 71.5 Å². The first-order valence-corrected chi connectivity index (χ1v) is 8.72. The van der Waals surface area contributed by atoms with Crippen LogP contribution in [0.15, 0.2) is 54.6 Å². The maximum absolute atomic E-state index is 13.2. The van der Waals surface area contributed by atoms with Crippen molar-refractivity contribution in [2.24, 2.45) is 0 Å². The lowest BCUT2D eigenvalue weighted by molar-refractivity contribution is -0.148. The predicted molar refractivity (Wildman–Crippen MR) is 97.9 cm³/mol.